The van der Waals surface area contributed by atoms with Crippen molar-refractivity contribution in [1.82, 2.24) is 0 Å². The highest BCUT2D eigenvalue weighted by Crippen LogP contribution is 2.36. The van der Waals surface area contributed by atoms with Crippen LogP contribution in [0.3, 0.4) is 0 Å². The zero-order valence-corrected chi connectivity index (χ0v) is 16.3. The molecule has 1 aliphatic carbocycles. The van der Waals surface area contributed by atoms with Gasteiger partial charge in [-0.25, -0.2) is 0 Å². The van der Waals surface area contributed by atoms with Gasteiger partial charge in [-0.15, -0.1) is 0 Å². The maximum Gasteiger partial charge on any atom is 0.121 e. The van der Waals surface area contributed by atoms with Crippen molar-refractivity contribution in [3.05, 3.63) is 53.6 Å². The summed E-state index contributed by atoms with van der Waals surface area (Å²) in [4.78, 5) is 0. The van der Waals surface area contributed by atoms with E-state index in [1.54, 1.807) is 0 Å². The predicted molar refractivity (Wildman–Crippen MR) is 105 cm³/mol. The Hall–Kier alpha value is -1.50. The Kier molecular flexibility index (Phi) is 6.32. The van der Waals surface area contributed by atoms with Gasteiger partial charge in [-0.1, -0.05) is 65.0 Å². The number of benzene rings is 1. The monoisotopic (exact) mass is 326 g/mol. The first-order valence-electron chi connectivity index (χ1n) is 9.39. The lowest BCUT2D eigenvalue weighted by Gasteiger charge is -2.29. The second kappa shape index (κ2) is 8.05. The van der Waals surface area contributed by atoms with Crippen LogP contribution < -0.4 is 4.74 Å². The van der Waals surface area contributed by atoms with Crippen LogP contribution in [-0.4, -0.2) is 6.10 Å². The molecule has 132 valence electrons. The largest absolute Gasteiger partial charge is 0.486 e. The van der Waals surface area contributed by atoms with Gasteiger partial charge >= 0.3 is 0 Å². The molecule has 1 aliphatic rings. The zero-order valence-electron chi connectivity index (χ0n) is 16.3. The van der Waals surface area contributed by atoms with Crippen molar-refractivity contribution >= 4 is 0 Å². The third-order valence-corrected chi connectivity index (χ3v) is 4.75. The molecule has 2 atom stereocenters. The van der Waals surface area contributed by atoms with Gasteiger partial charge in [0, 0.05) is 0 Å². The number of hydrogen-bond acceptors (Lipinski definition) is 1. The maximum atomic E-state index is 6.13. The summed E-state index contributed by atoms with van der Waals surface area (Å²) in [6.45, 7) is 13.8. The minimum absolute atomic E-state index is 0.114. The first-order valence-corrected chi connectivity index (χ1v) is 9.39. The molecular weight excluding hydrogens is 292 g/mol. The van der Waals surface area contributed by atoms with E-state index in [-0.39, 0.29) is 6.10 Å². The number of hydrogen-bond donors (Lipinski definition) is 0. The van der Waals surface area contributed by atoms with Gasteiger partial charge in [0.25, 0.3) is 0 Å². The Morgan fingerprint density at radius 3 is 2.17 bits per heavy atom. The van der Waals surface area contributed by atoms with Gasteiger partial charge in [0.05, 0.1) is 0 Å². The molecule has 1 heteroatoms. The van der Waals surface area contributed by atoms with Crippen LogP contribution in [0, 0.1) is 11.3 Å². The van der Waals surface area contributed by atoms with Crippen molar-refractivity contribution < 1.29 is 4.74 Å². The molecule has 0 saturated heterocycles. The normalized spacial score (nSPS) is 17.5. The average Bonchev–Trinajstić information content (AvgIpc) is 2.53. The molecule has 0 saturated carbocycles. The minimum Gasteiger partial charge on any atom is -0.486 e. The number of ether oxygens (including phenoxy) is 1. The average molecular weight is 327 g/mol. The van der Waals surface area contributed by atoms with Gasteiger partial charge < -0.3 is 4.74 Å². The Balaban J connectivity index is 2.06. The summed E-state index contributed by atoms with van der Waals surface area (Å²) in [7, 11) is 0. The van der Waals surface area contributed by atoms with Crippen molar-refractivity contribution in [2.75, 3.05) is 0 Å². The van der Waals surface area contributed by atoms with Crippen molar-refractivity contribution in [1.29, 1.82) is 0 Å². The first kappa shape index (κ1) is 18.8. The molecule has 1 aromatic carbocycles. The third kappa shape index (κ3) is 5.54. The smallest absolute Gasteiger partial charge is 0.121 e. The molecule has 2 rings (SSSR count). The Morgan fingerprint density at radius 2 is 1.67 bits per heavy atom. The fraction of sp³-hybridized carbons (Fsp3) is 0.565. The summed E-state index contributed by atoms with van der Waals surface area (Å²) in [5.74, 6) is 2.21. The molecule has 0 radical (unpaired) electrons. The van der Waals surface area contributed by atoms with Gasteiger partial charge in [-0.3, -0.25) is 0 Å². The van der Waals surface area contributed by atoms with Crippen LogP contribution >= 0.6 is 0 Å². The second-order valence-corrected chi connectivity index (χ2v) is 8.63. The summed E-state index contributed by atoms with van der Waals surface area (Å²) >= 11 is 0. The Labute approximate surface area is 148 Å². The lowest BCUT2D eigenvalue weighted by Crippen LogP contribution is -2.17. The van der Waals surface area contributed by atoms with Crippen LogP contribution in [0.25, 0.3) is 0 Å². The van der Waals surface area contributed by atoms with Crippen molar-refractivity contribution in [2.45, 2.75) is 72.8 Å². The predicted octanol–water partition coefficient (Wildman–Crippen LogP) is 6.91. The van der Waals surface area contributed by atoms with E-state index < -0.39 is 0 Å². The van der Waals surface area contributed by atoms with E-state index in [4.69, 9.17) is 4.74 Å². The second-order valence-electron chi connectivity index (χ2n) is 8.63. The molecule has 24 heavy (non-hydrogen) atoms. The highest BCUT2D eigenvalue weighted by molar-refractivity contribution is 5.32. The molecule has 0 aromatic heterocycles. The molecule has 0 amide bonds. The van der Waals surface area contributed by atoms with Crippen LogP contribution in [0.5, 0.6) is 5.75 Å². The van der Waals surface area contributed by atoms with E-state index in [0.29, 0.717) is 17.3 Å². The summed E-state index contributed by atoms with van der Waals surface area (Å²) < 4.78 is 6.13. The molecule has 1 aromatic rings. The quantitative estimate of drug-likeness (QED) is 0.552. The van der Waals surface area contributed by atoms with Crippen molar-refractivity contribution in [3.63, 3.8) is 0 Å². The van der Waals surface area contributed by atoms with Crippen LogP contribution in [0.15, 0.2) is 48.1 Å². The molecule has 0 heterocycles. The van der Waals surface area contributed by atoms with Gasteiger partial charge in [-0.05, 0) is 66.7 Å². The van der Waals surface area contributed by atoms with E-state index in [9.17, 15) is 0 Å². The van der Waals surface area contributed by atoms with Gasteiger partial charge in [0.15, 0.2) is 0 Å². The summed E-state index contributed by atoms with van der Waals surface area (Å²) in [6.07, 6.45) is 10.3. The lowest BCUT2D eigenvalue weighted by molar-refractivity contribution is 0.260. The molecule has 0 aliphatic heterocycles. The lowest BCUT2D eigenvalue weighted by atomic mass is 9.76. The van der Waals surface area contributed by atoms with E-state index in [2.05, 4.69) is 84.0 Å². The number of allylic oxidation sites excluding steroid dienone is 2. The van der Waals surface area contributed by atoms with Crippen LogP contribution in [0.1, 0.15) is 72.3 Å². The van der Waals surface area contributed by atoms with E-state index in [1.807, 2.05) is 0 Å². The Morgan fingerprint density at radius 1 is 1.00 bits per heavy atom. The fourth-order valence-corrected chi connectivity index (χ4v) is 3.40. The molecular formula is C23H34O. The SMILES string of the molecule is CC(Oc1ccc(C(CC(C)(C)C)C(C)C)cc1)C1=CCCC=C1. The van der Waals surface area contributed by atoms with Gasteiger partial charge in [0.1, 0.15) is 11.9 Å². The molecule has 2 unspecified atom stereocenters. The molecule has 0 N–H and O–H groups in total. The van der Waals surface area contributed by atoms with E-state index in [0.717, 1.165) is 18.6 Å². The third-order valence-electron chi connectivity index (χ3n) is 4.75. The van der Waals surface area contributed by atoms with Crippen LogP contribution in [0.2, 0.25) is 0 Å². The number of rotatable bonds is 6. The van der Waals surface area contributed by atoms with Crippen molar-refractivity contribution in [2.24, 2.45) is 11.3 Å². The molecule has 0 spiro atoms. The van der Waals surface area contributed by atoms with Crippen LogP contribution in [0.4, 0.5) is 0 Å². The summed E-state index contributed by atoms with van der Waals surface area (Å²) in [5, 5.41) is 0. The van der Waals surface area contributed by atoms with E-state index >= 15 is 0 Å². The van der Waals surface area contributed by atoms with Crippen LogP contribution in [-0.2, 0) is 0 Å². The maximum absolute atomic E-state index is 6.13. The fourth-order valence-electron chi connectivity index (χ4n) is 3.40. The zero-order chi connectivity index (χ0) is 17.7. The minimum atomic E-state index is 0.114. The summed E-state index contributed by atoms with van der Waals surface area (Å²) in [5.41, 5.74) is 3.06. The summed E-state index contributed by atoms with van der Waals surface area (Å²) in [6, 6.07) is 8.78. The van der Waals surface area contributed by atoms with Crippen molar-refractivity contribution in [3.8, 4) is 5.75 Å². The Bertz CT molecular complexity index is 569. The highest BCUT2D eigenvalue weighted by atomic mass is 16.5. The first-order chi connectivity index (χ1) is 11.3. The molecule has 1 nitrogen and oxygen atoms in total. The molecule has 0 fully saturated rings. The topological polar surface area (TPSA) is 9.23 Å². The van der Waals surface area contributed by atoms with E-state index in [1.165, 1.54) is 17.6 Å². The standard InChI is InChI=1S/C23H34O/c1-17(2)22(16-23(4,5)6)20-12-14-21(15-13-20)24-18(3)19-10-8-7-9-11-19/h8,10-15,17-18,22H,7,9,16H2,1-6H3. The van der Waals surface area contributed by atoms with Gasteiger partial charge in [0.2, 0.25) is 0 Å². The van der Waals surface area contributed by atoms with Gasteiger partial charge in [-0.2, -0.15) is 0 Å². The molecule has 0 bridgehead atoms. The highest BCUT2D eigenvalue weighted by Gasteiger charge is 2.23.